The molecular formula is C21H30N4O2. The summed E-state index contributed by atoms with van der Waals surface area (Å²) in [7, 11) is 3.51. The molecular weight excluding hydrogens is 340 g/mol. The van der Waals surface area contributed by atoms with Gasteiger partial charge in [0.1, 0.15) is 0 Å². The van der Waals surface area contributed by atoms with Crippen LogP contribution in [0.1, 0.15) is 49.1 Å². The number of aryl methyl sites for hydroxylation is 1. The Balaban J connectivity index is 1.61. The van der Waals surface area contributed by atoms with E-state index in [0.29, 0.717) is 25.6 Å². The second kappa shape index (κ2) is 9.55. The number of hydrogen-bond donors (Lipinski definition) is 1. The van der Waals surface area contributed by atoms with Crippen molar-refractivity contribution in [3.8, 4) is 0 Å². The lowest BCUT2D eigenvalue weighted by molar-refractivity contribution is 0.153. The summed E-state index contributed by atoms with van der Waals surface area (Å²) in [5.74, 6) is 0.673. The monoisotopic (exact) mass is 370 g/mol. The van der Waals surface area contributed by atoms with Gasteiger partial charge >= 0.3 is 6.03 Å². The maximum Gasteiger partial charge on any atom is 0.322 e. The number of aromatic nitrogens is 2. The Morgan fingerprint density at radius 3 is 2.63 bits per heavy atom. The summed E-state index contributed by atoms with van der Waals surface area (Å²) in [6.07, 6.45) is 10.3. The molecule has 1 saturated carbocycles. The topological polar surface area (TPSA) is 59.4 Å². The first-order chi connectivity index (χ1) is 13.2. The van der Waals surface area contributed by atoms with Crippen LogP contribution < -0.4 is 5.32 Å². The Bertz CT molecular complexity index is 720. The van der Waals surface area contributed by atoms with Crippen LogP contribution in [0, 0.1) is 0 Å². The van der Waals surface area contributed by atoms with Gasteiger partial charge in [0.2, 0.25) is 0 Å². The number of urea groups is 1. The highest BCUT2D eigenvalue weighted by Crippen LogP contribution is 2.33. The zero-order chi connectivity index (χ0) is 19.1. The summed E-state index contributed by atoms with van der Waals surface area (Å²) in [6, 6.07) is 8.22. The number of nitrogens with one attached hydrogen (secondary N) is 1. The fourth-order valence-electron chi connectivity index (χ4n) is 3.70. The summed E-state index contributed by atoms with van der Waals surface area (Å²) >= 11 is 0. The Labute approximate surface area is 161 Å². The quantitative estimate of drug-likeness (QED) is 0.796. The second-order valence-corrected chi connectivity index (χ2v) is 7.32. The van der Waals surface area contributed by atoms with E-state index in [9.17, 15) is 4.79 Å². The number of benzene rings is 1. The summed E-state index contributed by atoms with van der Waals surface area (Å²) in [6.45, 7) is 1.52. The zero-order valence-electron chi connectivity index (χ0n) is 16.4. The Hall–Kier alpha value is -2.34. The van der Waals surface area contributed by atoms with Gasteiger partial charge in [-0.25, -0.2) is 4.79 Å². The van der Waals surface area contributed by atoms with Crippen LogP contribution in [0.3, 0.4) is 0 Å². The molecule has 1 fully saturated rings. The highest BCUT2D eigenvalue weighted by molar-refractivity contribution is 5.89. The molecule has 0 saturated heterocycles. The van der Waals surface area contributed by atoms with E-state index in [1.165, 1.54) is 37.7 Å². The minimum Gasteiger partial charge on any atom is -0.383 e. The van der Waals surface area contributed by atoms with Crippen molar-refractivity contribution in [3.63, 3.8) is 0 Å². The number of amides is 2. The molecule has 1 aromatic carbocycles. The molecule has 1 aliphatic carbocycles. The average Bonchev–Trinajstić information content (AvgIpc) is 3.11. The molecule has 0 aliphatic heterocycles. The van der Waals surface area contributed by atoms with E-state index in [4.69, 9.17) is 4.74 Å². The number of nitrogens with zero attached hydrogens (tertiary/aromatic N) is 3. The lowest BCUT2D eigenvalue weighted by Crippen LogP contribution is -2.36. The van der Waals surface area contributed by atoms with Gasteiger partial charge in [-0.15, -0.1) is 0 Å². The van der Waals surface area contributed by atoms with Gasteiger partial charge in [-0.05, 0) is 36.5 Å². The molecule has 6 nitrogen and oxygen atoms in total. The third-order valence-electron chi connectivity index (χ3n) is 5.22. The molecule has 0 radical (unpaired) electrons. The molecule has 1 N–H and O–H groups in total. The van der Waals surface area contributed by atoms with Gasteiger partial charge < -0.3 is 15.0 Å². The number of ether oxygens (including phenoxy) is 1. The van der Waals surface area contributed by atoms with E-state index >= 15 is 0 Å². The van der Waals surface area contributed by atoms with Gasteiger partial charge in [0.05, 0.1) is 19.3 Å². The van der Waals surface area contributed by atoms with Gasteiger partial charge in [0, 0.05) is 38.1 Å². The summed E-state index contributed by atoms with van der Waals surface area (Å²) in [4.78, 5) is 14.5. The highest BCUT2D eigenvalue weighted by atomic mass is 16.5. The molecule has 1 aliphatic rings. The van der Waals surface area contributed by atoms with Crippen LogP contribution in [-0.2, 0) is 18.3 Å². The standard InChI is InChI=1S/C21H30N4O2/c1-24-15-17(14-22-24)16-25(12-13-27-2)21(26)23-20-10-8-19(9-11-20)18-6-4-3-5-7-18/h8-11,14-15,18H,3-7,12-13,16H2,1-2H3,(H,23,26). The van der Waals surface area contributed by atoms with Crippen molar-refractivity contribution < 1.29 is 9.53 Å². The van der Waals surface area contributed by atoms with Gasteiger partial charge in [0.15, 0.2) is 0 Å². The molecule has 2 aromatic rings. The average molecular weight is 370 g/mol. The van der Waals surface area contributed by atoms with Crippen molar-refractivity contribution in [1.29, 1.82) is 0 Å². The van der Waals surface area contributed by atoms with Crippen molar-refractivity contribution >= 4 is 11.7 Å². The minimum absolute atomic E-state index is 0.124. The van der Waals surface area contributed by atoms with Gasteiger partial charge in [0.25, 0.3) is 0 Å². The highest BCUT2D eigenvalue weighted by Gasteiger charge is 2.17. The van der Waals surface area contributed by atoms with Crippen LogP contribution in [0.5, 0.6) is 0 Å². The smallest absolute Gasteiger partial charge is 0.322 e. The molecule has 27 heavy (non-hydrogen) atoms. The van der Waals surface area contributed by atoms with Crippen molar-refractivity contribution in [1.82, 2.24) is 14.7 Å². The molecule has 146 valence electrons. The van der Waals surface area contributed by atoms with E-state index in [1.54, 1.807) is 22.9 Å². The van der Waals surface area contributed by atoms with E-state index in [2.05, 4.69) is 22.5 Å². The predicted molar refractivity (Wildman–Crippen MR) is 107 cm³/mol. The van der Waals surface area contributed by atoms with Crippen molar-refractivity contribution in [2.45, 2.75) is 44.6 Å². The molecule has 1 heterocycles. The number of methoxy groups -OCH3 is 1. The summed E-state index contributed by atoms with van der Waals surface area (Å²) < 4.78 is 6.90. The van der Waals surface area contributed by atoms with E-state index < -0.39 is 0 Å². The Morgan fingerprint density at radius 2 is 2.00 bits per heavy atom. The summed E-state index contributed by atoms with van der Waals surface area (Å²) in [5.41, 5.74) is 3.21. The molecule has 6 heteroatoms. The van der Waals surface area contributed by atoms with Crippen LogP contribution in [0.4, 0.5) is 10.5 Å². The van der Waals surface area contributed by atoms with Crippen molar-refractivity contribution in [2.75, 3.05) is 25.6 Å². The van der Waals surface area contributed by atoms with Crippen LogP contribution in [0.2, 0.25) is 0 Å². The first kappa shape index (κ1) is 19.4. The van der Waals surface area contributed by atoms with E-state index in [1.807, 2.05) is 25.4 Å². The third-order valence-corrected chi connectivity index (χ3v) is 5.22. The Kier molecular flexibility index (Phi) is 6.87. The number of carbonyl (C=O) groups is 1. The molecule has 1 aromatic heterocycles. The van der Waals surface area contributed by atoms with Crippen LogP contribution in [-0.4, -0.2) is 41.0 Å². The number of carbonyl (C=O) groups excluding carboxylic acids is 1. The van der Waals surface area contributed by atoms with Crippen molar-refractivity contribution in [2.24, 2.45) is 7.05 Å². The molecule has 0 spiro atoms. The first-order valence-electron chi connectivity index (χ1n) is 9.78. The van der Waals surface area contributed by atoms with Crippen LogP contribution in [0.25, 0.3) is 0 Å². The number of hydrogen-bond acceptors (Lipinski definition) is 3. The Morgan fingerprint density at radius 1 is 1.26 bits per heavy atom. The van der Waals surface area contributed by atoms with Crippen LogP contribution in [0.15, 0.2) is 36.7 Å². The molecule has 2 amide bonds. The molecule has 3 rings (SSSR count). The second-order valence-electron chi connectivity index (χ2n) is 7.32. The molecule has 0 unspecified atom stereocenters. The normalized spacial score (nSPS) is 14.9. The number of anilines is 1. The molecule has 0 atom stereocenters. The minimum atomic E-state index is -0.124. The fourth-order valence-corrected chi connectivity index (χ4v) is 3.70. The van der Waals surface area contributed by atoms with E-state index in [-0.39, 0.29) is 6.03 Å². The maximum absolute atomic E-state index is 12.7. The van der Waals surface area contributed by atoms with Crippen molar-refractivity contribution in [3.05, 3.63) is 47.8 Å². The van der Waals surface area contributed by atoms with Crippen LogP contribution >= 0.6 is 0 Å². The molecule has 0 bridgehead atoms. The third kappa shape index (κ3) is 5.57. The largest absolute Gasteiger partial charge is 0.383 e. The first-order valence-corrected chi connectivity index (χ1v) is 9.78. The summed E-state index contributed by atoms with van der Waals surface area (Å²) in [5, 5.41) is 7.19. The van der Waals surface area contributed by atoms with Gasteiger partial charge in [-0.1, -0.05) is 31.4 Å². The SMILES string of the molecule is COCCN(Cc1cnn(C)c1)C(=O)Nc1ccc(C2CCCCC2)cc1. The number of rotatable bonds is 7. The zero-order valence-corrected chi connectivity index (χ0v) is 16.4. The van der Waals surface area contributed by atoms with Gasteiger partial charge in [-0.3, -0.25) is 4.68 Å². The van der Waals surface area contributed by atoms with Gasteiger partial charge in [-0.2, -0.15) is 5.10 Å². The lowest BCUT2D eigenvalue weighted by Gasteiger charge is -2.23. The predicted octanol–water partition coefficient (Wildman–Crippen LogP) is 4.15. The van der Waals surface area contributed by atoms with E-state index in [0.717, 1.165) is 11.3 Å². The maximum atomic E-state index is 12.7. The fraction of sp³-hybridized carbons (Fsp3) is 0.524. The lowest BCUT2D eigenvalue weighted by atomic mass is 9.84.